The second-order valence-electron chi connectivity index (χ2n) is 16.2. The van der Waals surface area contributed by atoms with Crippen molar-refractivity contribution in [3.8, 4) is 5.75 Å². The zero-order chi connectivity index (χ0) is 34.1. The molecule has 0 aromatic heterocycles. The molecule has 10 atom stereocenters. The van der Waals surface area contributed by atoms with Crippen molar-refractivity contribution in [2.45, 2.75) is 94.4 Å². The van der Waals surface area contributed by atoms with Crippen molar-refractivity contribution < 1.29 is 23.2 Å². The summed E-state index contributed by atoms with van der Waals surface area (Å²) >= 11 is 6.49. The van der Waals surface area contributed by atoms with E-state index in [9.17, 15) is 9.00 Å². The lowest BCUT2D eigenvalue weighted by Crippen LogP contribution is -2.50. The van der Waals surface area contributed by atoms with Crippen LogP contribution in [0, 0.1) is 23.7 Å². The van der Waals surface area contributed by atoms with Gasteiger partial charge in [-0.15, -0.1) is 0 Å². The molecule has 4 aliphatic heterocycles. The highest BCUT2D eigenvalue weighted by Gasteiger charge is 2.50. The smallest absolute Gasteiger partial charge is 0.262 e. The molecule has 8 rings (SSSR count). The number of hydrogen-bond donors (Lipinski definition) is 1. The highest BCUT2D eigenvalue weighted by molar-refractivity contribution is 7.99. The van der Waals surface area contributed by atoms with Crippen LogP contribution < -0.4 is 14.4 Å². The van der Waals surface area contributed by atoms with Crippen LogP contribution in [-0.4, -0.2) is 84.5 Å². The number of likely N-dealkylation sites (tertiary alicyclic amines) is 1. The molecule has 1 spiro atoms. The number of aryl methyl sites for hydroxylation is 1. The minimum Gasteiger partial charge on any atom is -0.490 e. The summed E-state index contributed by atoms with van der Waals surface area (Å²) in [6.07, 6.45) is 8.44. The van der Waals surface area contributed by atoms with Gasteiger partial charge in [-0.05, 0) is 124 Å². The third-order valence-corrected chi connectivity index (χ3v) is 15.4. The van der Waals surface area contributed by atoms with Crippen LogP contribution in [0.4, 0.5) is 5.69 Å². The van der Waals surface area contributed by atoms with Crippen LogP contribution in [0.3, 0.4) is 0 Å². The molecule has 2 aliphatic carbocycles. The Labute approximate surface area is 297 Å². The Morgan fingerprint density at radius 2 is 1.78 bits per heavy atom. The number of anilines is 1. The van der Waals surface area contributed by atoms with Crippen LogP contribution in [-0.2, 0) is 31.0 Å². The van der Waals surface area contributed by atoms with Gasteiger partial charge < -0.3 is 24.0 Å². The van der Waals surface area contributed by atoms with E-state index in [-0.39, 0.29) is 41.0 Å². The Balaban J connectivity index is 1.17. The number of nitrogens with zero attached hydrogens (tertiary/aromatic N) is 2. The maximum atomic E-state index is 13.9. The summed E-state index contributed by atoms with van der Waals surface area (Å²) in [4.78, 5) is 18.5. The molecule has 1 N–H and O–H groups in total. The minimum atomic E-state index is -2.90. The number of carbonyl (C=O) groups excluding carboxylic acids is 1. The van der Waals surface area contributed by atoms with Crippen molar-refractivity contribution >= 4 is 38.8 Å². The largest absolute Gasteiger partial charge is 0.490 e. The number of hydrogen-bond acceptors (Lipinski definition) is 7. The molecular formula is C39H52ClN3O5S. The van der Waals surface area contributed by atoms with Crippen LogP contribution in [0.5, 0.6) is 5.75 Å². The van der Waals surface area contributed by atoms with Gasteiger partial charge in [0.25, 0.3) is 5.91 Å². The molecule has 2 bridgehead atoms. The molecule has 0 radical (unpaired) electrons. The normalized spacial score (nSPS) is 39.6. The van der Waals surface area contributed by atoms with Crippen molar-refractivity contribution in [1.82, 2.24) is 9.62 Å². The predicted octanol–water partition coefficient (Wildman–Crippen LogP) is 6.08. The molecular weight excluding hydrogens is 658 g/mol. The number of fused-ring (bicyclic) bond motifs is 5. The summed E-state index contributed by atoms with van der Waals surface area (Å²) in [6.45, 7) is 8.17. The van der Waals surface area contributed by atoms with Gasteiger partial charge in [0.15, 0.2) is 6.29 Å². The fourth-order valence-corrected chi connectivity index (χ4v) is 11.5. The zero-order valence-electron chi connectivity index (χ0n) is 29.2. The third kappa shape index (κ3) is 6.30. The first-order valence-corrected chi connectivity index (χ1v) is 20.6. The second kappa shape index (κ2) is 13.0. The topological polar surface area (TPSA) is 80.3 Å². The number of benzene rings is 2. The van der Waals surface area contributed by atoms with E-state index in [1.165, 1.54) is 17.5 Å². The zero-order valence-corrected chi connectivity index (χ0v) is 30.8. The molecule has 2 aromatic rings. The number of halogens is 1. The Hall–Kier alpha value is -2.30. The highest BCUT2D eigenvalue weighted by atomic mass is 35.5. The van der Waals surface area contributed by atoms with Crippen molar-refractivity contribution in [3.05, 3.63) is 58.1 Å². The molecule has 1 amide bonds. The van der Waals surface area contributed by atoms with Crippen molar-refractivity contribution in [1.29, 1.82) is 0 Å². The quantitative estimate of drug-likeness (QED) is 0.360. The Morgan fingerprint density at radius 1 is 0.980 bits per heavy atom. The van der Waals surface area contributed by atoms with E-state index in [2.05, 4.69) is 46.5 Å². The summed E-state index contributed by atoms with van der Waals surface area (Å²) in [7, 11) is -0.760. The van der Waals surface area contributed by atoms with E-state index >= 15 is 0 Å². The maximum absolute atomic E-state index is 13.9. The lowest BCUT2D eigenvalue weighted by Gasteiger charge is -2.47. The number of rotatable bonds is 1. The number of ether oxygens (including phenoxy) is 3. The lowest BCUT2D eigenvalue weighted by atomic mass is 9.64. The first kappa shape index (κ1) is 33.8. The standard InChI is InChI=1S/C39H52ClN3O5S/c1-24-7-5-9-31(38-47-35-20-42(3)21-36(35)48-38)30-13-10-28(30)19-43-22-39(16-6-8-26-17-29(40)12-14-32(26)39)23-46-34-15-11-27(18-33(34)43)37(44)41-49(4,45)25(24)2/h11-12,14-15,17-18,24-25,28,30-31,35-36,38H,4-10,13,16,19-23H2,1-3H3,(H,41,44,45)/t24-,25+,28-,30+,31+,35-,36+,38?,39-,49?/m0/s1. The van der Waals surface area contributed by atoms with E-state index < -0.39 is 9.71 Å². The van der Waals surface area contributed by atoms with E-state index in [1.54, 1.807) is 6.07 Å². The summed E-state index contributed by atoms with van der Waals surface area (Å²) in [6, 6.07) is 12.0. The molecule has 4 heterocycles. The van der Waals surface area contributed by atoms with Gasteiger partial charge in [-0.3, -0.25) is 9.52 Å². The van der Waals surface area contributed by atoms with Crippen molar-refractivity contribution in [2.75, 3.05) is 44.7 Å². The molecule has 266 valence electrons. The molecule has 2 aromatic carbocycles. The van der Waals surface area contributed by atoms with Gasteiger partial charge in [-0.2, -0.15) is 0 Å². The summed E-state index contributed by atoms with van der Waals surface area (Å²) < 4.78 is 36.9. The average molecular weight is 710 g/mol. The first-order valence-electron chi connectivity index (χ1n) is 18.5. The molecule has 3 fully saturated rings. The van der Waals surface area contributed by atoms with E-state index in [4.69, 9.17) is 25.8 Å². The third-order valence-electron chi connectivity index (χ3n) is 13.0. The van der Waals surface area contributed by atoms with Gasteiger partial charge >= 0.3 is 0 Å². The van der Waals surface area contributed by atoms with Crippen LogP contribution >= 0.6 is 11.6 Å². The second-order valence-corrected chi connectivity index (χ2v) is 19.0. The SMILES string of the molecule is C=S1(=O)NC(=O)c2ccc3c(c2)N(C[C@@H]2CC[C@H]2[C@H](C2O[C@H]4CN(C)C[C@H]4O2)CCC[C@H](C)[C@H]1C)C[C@@]1(CCCc2cc(Cl)ccc21)CO3. The number of likely N-dealkylation sites (N-methyl/N-ethyl adjacent to an activating group) is 1. The first-order chi connectivity index (χ1) is 23.5. The van der Waals surface area contributed by atoms with Crippen LogP contribution in [0.2, 0.25) is 5.02 Å². The number of amides is 1. The van der Waals surface area contributed by atoms with Crippen molar-refractivity contribution in [2.24, 2.45) is 23.7 Å². The van der Waals surface area contributed by atoms with Crippen molar-refractivity contribution in [3.63, 3.8) is 0 Å². The highest BCUT2D eigenvalue weighted by Crippen LogP contribution is 2.50. The predicted molar refractivity (Wildman–Crippen MR) is 196 cm³/mol. The fraction of sp³-hybridized carbons (Fsp3) is 0.641. The van der Waals surface area contributed by atoms with Crippen LogP contribution in [0.25, 0.3) is 0 Å². The van der Waals surface area contributed by atoms with Gasteiger partial charge in [0, 0.05) is 53.3 Å². The maximum Gasteiger partial charge on any atom is 0.262 e. The average Bonchev–Trinajstić information content (AvgIpc) is 3.56. The molecule has 10 heteroatoms. The summed E-state index contributed by atoms with van der Waals surface area (Å²) in [5.74, 6) is 5.89. The summed E-state index contributed by atoms with van der Waals surface area (Å²) in [5.41, 5.74) is 3.85. The van der Waals surface area contributed by atoms with E-state index in [0.717, 1.165) is 87.6 Å². The van der Waals surface area contributed by atoms with E-state index in [1.807, 2.05) is 25.1 Å². The fourth-order valence-electron chi connectivity index (χ4n) is 9.83. The molecule has 8 nitrogen and oxygen atoms in total. The summed E-state index contributed by atoms with van der Waals surface area (Å²) in [5, 5.41) is 0.504. The molecule has 2 unspecified atom stereocenters. The molecule has 49 heavy (non-hydrogen) atoms. The van der Waals surface area contributed by atoms with Gasteiger partial charge in [-0.1, -0.05) is 31.0 Å². The van der Waals surface area contributed by atoms with Gasteiger partial charge in [-0.25, -0.2) is 4.21 Å². The number of carbonyl (C=O) groups is 1. The monoisotopic (exact) mass is 709 g/mol. The lowest BCUT2D eigenvalue weighted by molar-refractivity contribution is -0.146. The van der Waals surface area contributed by atoms with Gasteiger partial charge in [0.1, 0.15) is 18.0 Å². The van der Waals surface area contributed by atoms with Crippen LogP contribution in [0.15, 0.2) is 36.4 Å². The molecule has 6 aliphatic rings. The van der Waals surface area contributed by atoms with Crippen LogP contribution in [0.1, 0.15) is 80.3 Å². The Bertz CT molecular complexity index is 1690. The Kier molecular flexibility index (Phi) is 9.00. The molecule has 1 saturated carbocycles. The van der Waals surface area contributed by atoms with Gasteiger partial charge in [0.2, 0.25) is 0 Å². The minimum absolute atomic E-state index is 0.134. The Morgan fingerprint density at radius 3 is 2.53 bits per heavy atom. The van der Waals surface area contributed by atoms with Gasteiger partial charge in [0.05, 0.1) is 22.0 Å². The molecule has 2 saturated heterocycles. The van der Waals surface area contributed by atoms with E-state index in [0.29, 0.717) is 29.9 Å². The number of nitrogens with one attached hydrogen (secondary N) is 1.